The molecule has 0 aliphatic rings. The molecule has 5 nitrogen and oxygen atoms in total. The van der Waals surface area contributed by atoms with Gasteiger partial charge in [0.05, 0.1) is 22.5 Å². The molecule has 0 saturated carbocycles. The lowest BCUT2D eigenvalue weighted by molar-refractivity contribution is -0.138. The first-order valence-corrected chi connectivity index (χ1v) is 10.3. The van der Waals surface area contributed by atoms with Crippen molar-refractivity contribution in [2.75, 3.05) is 6.26 Å². The lowest BCUT2D eigenvalue weighted by atomic mass is 10.0. The number of sulfone groups is 1. The Morgan fingerprint density at radius 1 is 0.929 bits per heavy atom. The highest BCUT2D eigenvalue weighted by molar-refractivity contribution is 7.90. The third-order valence-electron chi connectivity index (χ3n) is 4.24. The standard InChI is InChI=1S/C19H21F3N2O3S/c1-12(14-8-10-15(11-9-14)28(3,26)27)23-18(25)24-13(2)16-6-4-5-7-17(16)19(20,21)22/h4-13H,1-3H3,(H2,23,24,25). The van der Waals surface area contributed by atoms with Crippen molar-refractivity contribution in [1.82, 2.24) is 10.6 Å². The minimum Gasteiger partial charge on any atom is -0.332 e. The van der Waals surface area contributed by atoms with Crippen LogP contribution in [0.5, 0.6) is 0 Å². The average molecular weight is 414 g/mol. The summed E-state index contributed by atoms with van der Waals surface area (Å²) >= 11 is 0. The molecule has 0 aromatic heterocycles. The van der Waals surface area contributed by atoms with Gasteiger partial charge in [-0.3, -0.25) is 0 Å². The third kappa shape index (κ3) is 5.48. The van der Waals surface area contributed by atoms with Crippen LogP contribution in [-0.4, -0.2) is 20.7 Å². The van der Waals surface area contributed by atoms with Crippen molar-refractivity contribution >= 4 is 15.9 Å². The van der Waals surface area contributed by atoms with Gasteiger partial charge in [0.15, 0.2) is 9.84 Å². The fourth-order valence-corrected chi connectivity index (χ4v) is 3.36. The SMILES string of the molecule is CC(NC(=O)NC(C)c1ccccc1C(F)(F)F)c1ccc(S(C)(=O)=O)cc1. The van der Waals surface area contributed by atoms with Crippen LogP contribution in [0.4, 0.5) is 18.0 Å². The van der Waals surface area contributed by atoms with Crippen LogP contribution in [0, 0.1) is 0 Å². The molecule has 9 heteroatoms. The summed E-state index contributed by atoms with van der Waals surface area (Å²) in [6, 6.07) is 9.10. The number of nitrogens with one attached hydrogen (secondary N) is 2. The van der Waals surface area contributed by atoms with E-state index in [1.54, 1.807) is 19.1 Å². The average Bonchev–Trinajstić information content (AvgIpc) is 2.60. The molecule has 2 atom stereocenters. The molecule has 0 saturated heterocycles. The number of rotatable bonds is 5. The smallest absolute Gasteiger partial charge is 0.332 e. The Morgan fingerprint density at radius 2 is 1.46 bits per heavy atom. The zero-order valence-electron chi connectivity index (χ0n) is 15.5. The lowest BCUT2D eigenvalue weighted by Crippen LogP contribution is -2.38. The van der Waals surface area contributed by atoms with Crippen LogP contribution >= 0.6 is 0 Å². The molecular formula is C19H21F3N2O3S. The van der Waals surface area contributed by atoms with Crippen LogP contribution in [0.1, 0.15) is 42.6 Å². The van der Waals surface area contributed by atoms with Crippen molar-refractivity contribution in [2.45, 2.75) is 37.0 Å². The van der Waals surface area contributed by atoms with E-state index in [-0.39, 0.29) is 10.5 Å². The van der Waals surface area contributed by atoms with Gasteiger partial charge in [-0.25, -0.2) is 13.2 Å². The molecule has 2 unspecified atom stereocenters. The Labute approximate surface area is 161 Å². The van der Waals surface area contributed by atoms with Gasteiger partial charge in [0.2, 0.25) is 0 Å². The van der Waals surface area contributed by atoms with Gasteiger partial charge in [0, 0.05) is 6.26 Å². The largest absolute Gasteiger partial charge is 0.416 e. The van der Waals surface area contributed by atoms with Crippen LogP contribution in [-0.2, 0) is 16.0 Å². The summed E-state index contributed by atoms with van der Waals surface area (Å²) in [5.74, 6) is 0. The van der Waals surface area contributed by atoms with Crippen molar-refractivity contribution in [3.05, 3.63) is 65.2 Å². The normalized spacial score (nSPS) is 14.2. The van der Waals surface area contributed by atoms with Crippen molar-refractivity contribution in [3.63, 3.8) is 0 Å². The number of hydrogen-bond acceptors (Lipinski definition) is 3. The Hall–Kier alpha value is -2.55. The maximum Gasteiger partial charge on any atom is 0.416 e. The predicted molar refractivity (Wildman–Crippen MR) is 99.5 cm³/mol. The van der Waals surface area contributed by atoms with Crippen molar-refractivity contribution in [3.8, 4) is 0 Å². The highest BCUT2D eigenvalue weighted by atomic mass is 32.2. The number of hydrogen-bond donors (Lipinski definition) is 2. The summed E-state index contributed by atoms with van der Waals surface area (Å²) in [7, 11) is -3.32. The van der Waals surface area contributed by atoms with E-state index in [0.29, 0.717) is 5.56 Å². The number of alkyl halides is 3. The van der Waals surface area contributed by atoms with E-state index in [0.717, 1.165) is 12.3 Å². The highest BCUT2D eigenvalue weighted by Gasteiger charge is 2.34. The van der Waals surface area contributed by atoms with E-state index >= 15 is 0 Å². The van der Waals surface area contributed by atoms with Gasteiger partial charge in [0.25, 0.3) is 0 Å². The number of halogens is 3. The fraction of sp³-hybridized carbons (Fsp3) is 0.316. The lowest BCUT2D eigenvalue weighted by Gasteiger charge is -2.21. The van der Waals surface area contributed by atoms with Crippen LogP contribution in [0.25, 0.3) is 0 Å². The van der Waals surface area contributed by atoms with Crippen molar-refractivity contribution in [2.24, 2.45) is 0 Å². The molecule has 2 aromatic carbocycles. The van der Waals surface area contributed by atoms with E-state index in [1.165, 1.54) is 37.3 Å². The van der Waals surface area contributed by atoms with E-state index in [2.05, 4.69) is 10.6 Å². The third-order valence-corrected chi connectivity index (χ3v) is 5.36. The molecule has 2 N–H and O–H groups in total. The summed E-state index contributed by atoms with van der Waals surface area (Å²) < 4.78 is 62.3. The topological polar surface area (TPSA) is 75.3 Å². The first-order chi connectivity index (χ1) is 12.9. The summed E-state index contributed by atoms with van der Waals surface area (Å²) in [5.41, 5.74) is -0.173. The van der Waals surface area contributed by atoms with Crippen molar-refractivity contribution < 1.29 is 26.4 Å². The van der Waals surface area contributed by atoms with Gasteiger partial charge < -0.3 is 10.6 Å². The molecule has 0 aliphatic carbocycles. The van der Waals surface area contributed by atoms with Gasteiger partial charge in [-0.05, 0) is 43.2 Å². The molecule has 152 valence electrons. The summed E-state index contributed by atoms with van der Waals surface area (Å²) in [5, 5.41) is 5.13. The Bertz CT molecular complexity index is 942. The number of carbonyl (C=O) groups excluding carboxylic acids is 1. The molecule has 28 heavy (non-hydrogen) atoms. The van der Waals surface area contributed by atoms with Crippen LogP contribution in [0.15, 0.2) is 53.4 Å². The first-order valence-electron chi connectivity index (χ1n) is 8.42. The molecule has 0 bridgehead atoms. The number of carbonyl (C=O) groups is 1. The maximum absolute atomic E-state index is 13.1. The van der Waals surface area contributed by atoms with Gasteiger partial charge >= 0.3 is 12.2 Å². The maximum atomic E-state index is 13.1. The molecular weight excluding hydrogens is 393 g/mol. The number of benzene rings is 2. The second-order valence-electron chi connectivity index (χ2n) is 6.49. The van der Waals surface area contributed by atoms with Crippen molar-refractivity contribution in [1.29, 1.82) is 0 Å². The first kappa shape index (κ1) is 21.7. The molecule has 0 radical (unpaired) electrons. The number of amides is 2. The van der Waals surface area contributed by atoms with Crippen LogP contribution < -0.4 is 10.6 Å². The molecule has 2 aromatic rings. The highest BCUT2D eigenvalue weighted by Crippen LogP contribution is 2.34. The zero-order chi connectivity index (χ0) is 21.1. The van der Waals surface area contributed by atoms with E-state index in [4.69, 9.17) is 0 Å². The van der Waals surface area contributed by atoms with E-state index in [1.807, 2.05) is 0 Å². The Kier molecular flexibility index (Phi) is 6.38. The quantitative estimate of drug-likeness (QED) is 0.769. The minimum atomic E-state index is -4.52. The van der Waals surface area contributed by atoms with Gasteiger partial charge in [-0.1, -0.05) is 30.3 Å². The van der Waals surface area contributed by atoms with Crippen LogP contribution in [0.3, 0.4) is 0 Å². The molecule has 0 aliphatic heterocycles. The molecule has 0 heterocycles. The molecule has 2 rings (SSSR count). The monoisotopic (exact) mass is 414 g/mol. The predicted octanol–water partition coefficient (Wildman–Crippen LogP) is 4.23. The summed E-state index contributed by atoms with van der Waals surface area (Å²) in [6.07, 6.45) is -3.42. The zero-order valence-corrected chi connectivity index (χ0v) is 16.4. The molecule has 0 spiro atoms. The van der Waals surface area contributed by atoms with Gasteiger partial charge in [-0.15, -0.1) is 0 Å². The van der Waals surface area contributed by atoms with Gasteiger partial charge in [-0.2, -0.15) is 13.2 Å². The molecule has 0 fully saturated rings. The summed E-state index contributed by atoms with van der Waals surface area (Å²) in [4.78, 5) is 12.4. The summed E-state index contributed by atoms with van der Waals surface area (Å²) in [6.45, 7) is 3.15. The Morgan fingerprint density at radius 3 is 2.00 bits per heavy atom. The van der Waals surface area contributed by atoms with Gasteiger partial charge in [0.1, 0.15) is 0 Å². The van der Waals surface area contributed by atoms with E-state index in [9.17, 15) is 26.4 Å². The van der Waals surface area contributed by atoms with E-state index < -0.39 is 39.7 Å². The Balaban J connectivity index is 2.06. The molecule has 2 amide bonds. The fourth-order valence-electron chi connectivity index (χ4n) is 2.73. The second-order valence-corrected chi connectivity index (χ2v) is 8.50. The number of urea groups is 1. The second kappa shape index (κ2) is 8.22. The minimum absolute atomic E-state index is 0.0321. The van der Waals surface area contributed by atoms with Crippen LogP contribution in [0.2, 0.25) is 0 Å².